The summed E-state index contributed by atoms with van der Waals surface area (Å²) in [5.74, 6) is 0. The summed E-state index contributed by atoms with van der Waals surface area (Å²) in [6.07, 6.45) is 2.32. The third kappa shape index (κ3) is 5.24. The van der Waals surface area contributed by atoms with Crippen molar-refractivity contribution in [2.24, 2.45) is 7.05 Å². The van der Waals surface area contributed by atoms with E-state index in [2.05, 4.69) is 47.1 Å². The van der Waals surface area contributed by atoms with Gasteiger partial charge in [-0.3, -0.25) is 4.68 Å². The highest BCUT2D eigenvalue weighted by molar-refractivity contribution is 9.10. The molecule has 0 saturated carbocycles. The molecule has 4 nitrogen and oxygen atoms in total. The fraction of sp³-hybridized carbons (Fsp3) is 0.786. The Hall–Kier alpha value is -0.390. The zero-order valence-electron chi connectivity index (χ0n) is 12.7. The average Bonchev–Trinajstić information content (AvgIpc) is 2.58. The van der Waals surface area contributed by atoms with Gasteiger partial charge in [-0.05, 0) is 49.7 Å². The normalized spacial score (nSPS) is 13.2. The number of aromatic nitrogens is 2. The van der Waals surface area contributed by atoms with Gasteiger partial charge in [-0.2, -0.15) is 5.10 Å². The topological polar surface area (TPSA) is 39.1 Å². The van der Waals surface area contributed by atoms with Crippen LogP contribution in [-0.2, 0) is 18.2 Å². The Morgan fingerprint density at radius 2 is 2.11 bits per heavy atom. The van der Waals surface area contributed by atoms with Crippen LogP contribution in [0.2, 0.25) is 0 Å². The predicted molar refractivity (Wildman–Crippen MR) is 82.5 cm³/mol. The number of ether oxygens (including phenoxy) is 1. The Bertz CT molecular complexity index is 390. The molecule has 1 heterocycles. The van der Waals surface area contributed by atoms with Crippen molar-refractivity contribution in [2.45, 2.75) is 52.7 Å². The number of nitrogens with one attached hydrogen (secondary N) is 1. The van der Waals surface area contributed by atoms with Crippen LogP contribution < -0.4 is 5.32 Å². The molecule has 0 aliphatic heterocycles. The maximum absolute atomic E-state index is 5.75. The van der Waals surface area contributed by atoms with Crippen molar-refractivity contribution in [3.8, 4) is 0 Å². The highest BCUT2D eigenvalue weighted by atomic mass is 79.9. The van der Waals surface area contributed by atoms with Crippen molar-refractivity contribution in [1.82, 2.24) is 15.1 Å². The van der Waals surface area contributed by atoms with Gasteiger partial charge in [0.15, 0.2) is 0 Å². The molecule has 1 unspecified atom stereocenters. The van der Waals surface area contributed by atoms with Gasteiger partial charge in [0.25, 0.3) is 0 Å². The van der Waals surface area contributed by atoms with Crippen LogP contribution in [-0.4, -0.2) is 35.1 Å². The molecule has 1 atom stereocenters. The van der Waals surface area contributed by atoms with E-state index in [9.17, 15) is 0 Å². The number of hydrogen-bond acceptors (Lipinski definition) is 3. The summed E-state index contributed by atoms with van der Waals surface area (Å²) < 4.78 is 8.82. The third-order valence-electron chi connectivity index (χ3n) is 3.02. The Kier molecular flexibility index (Phi) is 7.04. The van der Waals surface area contributed by atoms with Crippen molar-refractivity contribution >= 4 is 15.9 Å². The lowest BCUT2D eigenvalue weighted by molar-refractivity contribution is 0.0609. The van der Waals surface area contributed by atoms with Gasteiger partial charge in [-0.25, -0.2) is 0 Å². The summed E-state index contributed by atoms with van der Waals surface area (Å²) in [5.41, 5.74) is 2.26. The van der Waals surface area contributed by atoms with Crippen LogP contribution >= 0.6 is 15.9 Å². The zero-order valence-corrected chi connectivity index (χ0v) is 14.2. The quantitative estimate of drug-likeness (QED) is 0.796. The van der Waals surface area contributed by atoms with Crippen LogP contribution in [0.1, 0.15) is 38.6 Å². The maximum Gasteiger partial charge on any atom is 0.0738 e. The standard InChI is InChI=1S/C14H26BrN3O/c1-6-7-16-12(9-19-10(2)3)8-13-14(15)11(4)17-18(13)5/h10,12,16H,6-9H2,1-5H3. The molecule has 110 valence electrons. The minimum Gasteiger partial charge on any atom is -0.377 e. The van der Waals surface area contributed by atoms with E-state index >= 15 is 0 Å². The first-order valence-electron chi connectivity index (χ1n) is 6.98. The van der Waals surface area contributed by atoms with Gasteiger partial charge in [0.2, 0.25) is 0 Å². The first kappa shape index (κ1) is 16.7. The molecule has 1 N–H and O–H groups in total. The van der Waals surface area contributed by atoms with Crippen LogP contribution in [0, 0.1) is 6.92 Å². The molecule has 0 aromatic carbocycles. The molecule has 1 aromatic rings. The average molecular weight is 332 g/mol. The fourth-order valence-corrected chi connectivity index (χ4v) is 2.48. The highest BCUT2D eigenvalue weighted by Crippen LogP contribution is 2.21. The number of nitrogens with zero attached hydrogens (tertiary/aromatic N) is 2. The number of hydrogen-bond donors (Lipinski definition) is 1. The molecule has 0 spiro atoms. The molecular formula is C14H26BrN3O. The van der Waals surface area contributed by atoms with Gasteiger partial charge in [0.1, 0.15) is 0 Å². The molecule has 1 rings (SSSR count). The van der Waals surface area contributed by atoms with Crippen LogP contribution in [0.4, 0.5) is 0 Å². The lowest BCUT2D eigenvalue weighted by Gasteiger charge is -2.20. The van der Waals surface area contributed by atoms with Gasteiger partial charge in [-0.1, -0.05) is 6.92 Å². The van der Waals surface area contributed by atoms with E-state index in [1.807, 2.05) is 18.7 Å². The second-order valence-electron chi connectivity index (χ2n) is 5.21. The Morgan fingerprint density at radius 3 is 2.58 bits per heavy atom. The third-order valence-corrected chi connectivity index (χ3v) is 4.05. The molecular weight excluding hydrogens is 306 g/mol. The second kappa shape index (κ2) is 8.02. The van der Waals surface area contributed by atoms with E-state index in [4.69, 9.17) is 4.74 Å². The lowest BCUT2D eigenvalue weighted by Crippen LogP contribution is -2.37. The lowest BCUT2D eigenvalue weighted by atomic mass is 10.1. The first-order chi connectivity index (χ1) is 8.95. The van der Waals surface area contributed by atoms with Crippen molar-refractivity contribution in [2.75, 3.05) is 13.2 Å². The van der Waals surface area contributed by atoms with Crippen LogP contribution in [0.25, 0.3) is 0 Å². The molecule has 0 radical (unpaired) electrons. The van der Waals surface area contributed by atoms with Gasteiger partial charge in [0.05, 0.1) is 28.6 Å². The fourth-order valence-electron chi connectivity index (χ4n) is 1.98. The Labute approximate surface area is 125 Å². The van der Waals surface area contributed by atoms with Gasteiger partial charge >= 0.3 is 0 Å². The van der Waals surface area contributed by atoms with Crippen LogP contribution in [0.5, 0.6) is 0 Å². The largest absolute Gasteiger partial charge is 0.377 e. The van der Waals surface area contributed by atoms with E-state index in [1.165, 1.54) is 5.69 Å². The van der Waals surface area contributed by atoms with E-state index in [1.54, 1.807) is 0 Å². The van der Waals surface area contributed by atoms with Gasteiger partial charge in [-0.15, -0.1) is 0 Å². The molecule has 0 bridgehead atoms. The Morgan fingerprint density at radius 1 is 1.42 bits per heavy atom. The molecule has 0 aliphatic rings. The number of halogens is 1. The monoisotopic (exact) mass is 331 g/mol. The summed E-state index contributed by atoms with van der Waals surface area (Å²) >= 11 is 3.63. The zero-order chi connectivity index (χ0) is 14.4. The molecule has 1 aromatic heterocycles. The molecule has 5 heteroatoms. The minimum atomic E-state index is 0.266. The first-order valence-corrected chi connectivity index (χ1v) is 7.77. The number of rotatable bonds is 8. The Balaban J connectivity index is 2.69. The van der Waals surface area contributed by atoms with Crippen molar-refractivity contribution in [3.05, 3.63) is 15.9 Å². The molecule has 0 saturated heterocycles. The predicted octanol–water partition coefficient (Wildman–Crippen LogP) is 2.83. The SMILES string of the molecule is CCCNC(COC(C)C)Cc1c(Br)c(C)nn1C. The van der Waals surface area contributed by atoms with Crippen molar-refractivity contribution in [3.63, 3.8) is 0 Å². The number of aryl methyl sites for hydroxylation is 2. The summed E-state index contributed by atoms with van der Waals surface area (Å²) in [6.45, 7) is 10.1. The summed E-state index contributed by atoms with van der Waals surface area (Å²) in [5, 5.41) is 7.99. The smallest absolute Gasteiger partial charge is 0.0738 e. The van der Waals surface area contributed by atoms with E-state index in [0.29, 0.717) is 6.04 Å². The van der Waals surface area contributed by atoms with E-state index in [-0.39, 0.29) is 6.10 Å². The van der Waals surface area contributed by atoms with Crippen molar-refractivity contribution < 1.29 is 4.74 Å². The molecule has 19 heavy (non-hydrogen) atoms. The van der Waals surface area contributed by atoms with E-state index < -0.39 is 0 Å². The van der Waals surface area contributed by atoms with Gasteiger partial charge in [0, 0.05) is 19.5 Å². The summed E-state index contributed by atoms with van der Waals surface area (Å²) in [7, 11) is 1.99. The molecule has 0 fully saturated rings. The van der Waals surface area contributed by atoms with Crippen molar-refractivity contribution in [1.29, 1.82) is 0 Å². The van der Waals surface area contributed by atoms with Crippen LogP contribution in [0.3, 0.4) is 0 Å². The minimum absolute atomic E-state index is 0.266. The van der Waals surface area contributed by atoms with Crippen LogP contribution in [0.15, 0.2) is 4.47 Å². The maximum atomic E-state index is 5.75. The molecule has 0 aliphatic carbocycles. The molecule has 0 amide bonds. The highest BCUT2D eigenvalue weighted by Gasteiger charge is 2.17. The van der Waals surface area contributed by atoms with E-state index in [0.717, 1.165) is 36.2 Å². The summed E-state index contributed by atoms with van der Waals surface area (Å²) in [6, 6.07) is 0.327. The van der Waals surface area contributed by atoms with Gasteiger partial charge < -0.3 is 10.1 Å². The summed E-state index contributed by atoms with van der Waals surface area (Å²) in [4.78, 5) is 0. The second-order valence-corrected chi connectivity index (χ2v) is 6.00.